The Balaban J connectivity index is 0.000000397. The maximum atomic E-state index is 14.2. The molecule has 0 atom stereocenters. The standard InChI is InChI=1S/C32H12BF24.C17H13ClNO/c34-25(35,36)13-1-14(26(37,38)39)6-21(5-13)33(22-7-15(27(40,41)42)2-16(8-22)28(43,44)45,23-9-17(29(46,47)48)3-18(10-23)30(49,50)51)24-11-19(31(52,53)54)4-20(12-24)32(55,56)57;18-16-7-5-14(6-8-16)17(20)12-19-10-9-13-3-1-2-4-15(13)11-19/h1-12H;1-11H,12H2/q-1;+1. The predicted molar refractivity (Wildman–Crippen MR) is 230 cm³/mol. The lowest BCUT2D eigenvalue weighted by Gasteiger charge is -2.46. The van der Waals surface area contributed by atoms with E-state index in [4.69, 9.17) is 11.6 Å². The second-order valence-electron chi connectivity index (χ2n) is 16.9. The lowest BCUT2D eigenvalue weighted by atomic mass is 9.12. The average Bonchev–Trinajstić information content (AvgIpc) is 3.29. The van der Waals surface area contributed by atoms with Crippen LogP contribution >= 0.6 is 11.6 Å². The molecule has 1 heterocycles. The summed E-state index contributed by atoms with van der Waals surface area (Å²) in [5.74, 6) is 0.0712. The SMILES string of the molecule is FC(F)(F)c1cc([B-](c2cc(C(F)(F)F)cc(C(F)(F)F)c2)(c2cc(C(F)(F)F)cc(C(F)(F)F)c2)c2cc(C(F)(F)F)cc(C(F)(F)F)c2)cc(C(F)(F)F)c1.O=C(C[n+]1ccc2ccccc2c1)c1ccc(Cl)cc1. The molecule has 410 valence electrons. The smallest absolute Gasteiger partial charge is 0.287 e. The molecule has 1 aromatic heterocycles. The number of carbonyl (C=O) groups excluding carboxylic acids is 1. The summed E-state index contributed by atoms with van der Waals surface area (Å²) in [6.07, 6.45) is -50.9. The van der Waals surface area contributed by atoms with E-state index in [1.807, 2.05) is 41.2 Å². The fraction of sp³-hybridized carbons (Fsp3) is 0.184. The van der Waals surface area contributed by atoms with Crippen LogP contribution in [0.2, 0.25) is 5.02 Å². The average molecular weight is 1150 g/mol. The minimum Gasteiger partial charge on any atom is -0.287 e. The summed E-state index contributed by atoms with van der Waals surface area (Å²) in [4.78, 5) is 12.2. The van der Waals surface area contributed by atoms with E-state index in [0.717, 1.165) is 5.39 Å². The maximum absolute atomic E-state index is 14.2. The molecule has 6 aromatic carbocycles. The number of ketones is 1. The Kier molecular flexibility index (Phi) is 15.8. The molecule has 2 nitrogen and oxygen atoms in total. The lowest BCUT2D eigenvalue weighted by Crippen LogP contribution is -2.75. The number of rotatable bonds is 7. The van der Waals surface area contributed by atoms with E-state index in [1.54, 1.807) is 24.3 Å². The maximum Gasteiger partial charge on any atom is 0.416 e. The minimum absolute atomic E-state index is 0.0712. The second-order valence-corrected chi connectivity index (χ2v) is 17.3. The number of nitrogens with zero attached hydrogens (tertiary/aromatic N) is 1. The number of hydrogen-bond donors (Lipinski definition) is 0. The molecule has 0 spiro atoms. The molecular formula is C49H25BClF24NO. The summed E-state index contributed by atoms with van der Waals surface area (Å²) >= 11 is 5.83. The number of halogens is 25. The Hall–Kier alpha value is -6.93. The topological polar surface area (TPSA) is 20.9 Å². The van der Waals surface area contributed by atoms with Crippen molar-refractivity contribution in [3.05, 3.63) is 195 Å². The highest BCUT2D eigenvalue weighted by atomic mass is 35.5. The van der Waals surface area contributed by atoms with E-state index < -0.39 is 195 Å². The van der Waals surface area contributed by atoms with Crippen LogP contribution in [0.15, 0.2) is 140 Å². The van der Waals surface area contributed by atoms with E-state index in [-0.39, 0.29) is 5.78 Å². The van der Waals surface area contributed by atoms with Gasteiger partial charge in [-0.2, -0.15) is 132 Å². The van der Waals surface area contributed by atoms with Crippen molar-refractivity contribution in [2.45, 2.75) is 56.0 Å². The summed E-state index contributed by atoms with van der Waals surface area (Å²) in [7, 11) is 0. The predicted octanol–water partition coefficient (Wildman–Crippen LogP) is 14.9. The highest BCUT2D eigenvalue weighted by Gasteiger charge is 2.47. The molecule has 7 rings (SSSR count). The first-order valence-corrected chi connectivity index (χ1v) is 21.4. The van der Waals surface area contributed by atoms with Crippen LogP contribution in [0, 0.1) is 0 Å². The van der Waals surface area contributed by atoms with E-state index in [0.29, 0.717) is 17.1 Å². The van der Waals surface area contributed by atoms with Crippen LogP contribution < -0.4 is 26.4 Å². The van der Waals surface area contributed by atoms with Gasteiger partial charge in [0.1, 0.15) is 6.15 Å². The van der Waals surface area contributed by atoms with E-state index in [1.165, 1.54) is 5.39 Å². The van der Waals surface area contributed by atoms with Gasteiger partial charge in [0.25, 0.3) is 0 Å². The zero-order chi connectivity index (χ0) is 57.9. The fourth-order valence-electron chi connectivity index (χ4n) is 8.24. The highest BCUT2D eigenvalue weighted by molar-refractivity contribution is 7.20. The van der Waals surface area contributed by atoms with Crippen molar-refractivity contribution in [2.24, 2.45) is 0 Å². The highest BCUT2D eigenvalue weighted by Crippen LogP contribution is 2.41. The molecular weight excluding hydrogens is 1120 g/mol. The molecule has 0 unspecified atom stereocenters. The van der Waals surface area contributed by atoms with Crippen molar-refractivity contribution in [3.8, 4) is 0 Å². The van der Waals surface area contributed by atoms with Gasteiger partial charge < -0.3 is 0 Å². The Labute approximate surface area is 421 Å². The molecule has 7 aromatic rings. The largest absolute Gasteiger partial charge is 0.416 e. The van der Waals surface area contributed by atoms with Gasteiger partial charge in [-0.15, -0.1) is 0 Å². The Morgan fingerprint density at radius 1 is 0.364 bits per heavy atom. The van der Waals surface area contributed by atoms with Gasteiger partial charge >= 0.3 is 49.4 Å². The van der Waals surface area contributed by atoms with Crippen LogP contribution in [0.25, 0.3) is 10.8 Å². The zero-order valence-corrected chi connectivity index (χ0v) is 38.1. The molecule has 0 aliphatic carbocycles. The van der Waals surface area contributed by atoms with Crippen molar-refractivity contribution in [3.63, 3.8) is 0 Å². The van der Waals surface area contributed by atoms with Crippen LogP contribution in [0.5, 0.6) is 0 Å². The van der Waals surface area contributed by atoms with E-state index >= 15 is 0 Å². The summed E-state index contributed by atoms with van der Waals surface area (Å²) in [6, 6.07) is 8.29. The Bertz CT molecular complexity index is 2870. The molecule has 0 saturated heterocycles. The number of benzene rings is 6. The zero-order valence-electron chi connectivity index (χ0n) is 37.4. The van der Waals surface area contributed by atoms with Crippen LogP contribution in [-0.2, 0) is 56.0 Å². The quantitative estimate of drug-likeness (QED) is 0.0674. The number of fused-ring (bicyclic) bond motifs is 1. The minimum atomic E-state index is -6.13. The van der Waals surface area contributed by atoms with Gasteiger partial charge in [-0.1, -0.05) is 78.3 Å². The van der Waals surface area contributed by atoms with Crippen LogP contribution in [0.1, 0.15) is 54.9 Å². The van der Waals surface area contributed by atoms with Gasteiger partial charge in [0, 0.05) is 22.0 Å². The van der Waals surface area contributed by atoms with Crippen molar-refractivity contribution < 1.29 is 115 Å². The normalized spacial score (nSPS) is 13.4. The third-order valence-corrected chi connectivity index (χ3v) is 11.9. The first-order valence-electron chi connectivity index (χ1n) is 21.0. The molecule has 0 fully saturated rings. The monoisotopic (exact) mass is 1150 g/mol. The van der Waals surface area contributed by atoms with Crippen molar-refractivity contribution >= 4 is 56.2 Å². The molecule has 0 saturated carbocycles. The molecule has 28 heteroatoms. The summed E-state index contributed by atoms with van der Waals surface area (Å²) in [6.45, 7) is 0.326. The molecule has 77 heavy (non-hydrogen) atoms. The Morgan fingerprint density at radius 2 is 0.623 bits per heavy atom. The number of carbonyl (C=O) groups is 1. The van der Waals surface area contributed by atoms with Crippen molar-refractivity contribution in [1.29, 1.82) is 0 Å². The van der Waals surface area contributed by atoms with E-state index in [9.17, 15) is 110 Å². The van der Waals surface area contributed by atoms with Gasteiger partial charge in [0.15, 0.2) is 12.4 Å². The number of hydrogen-bond acceptors (Lipinski definition) is 1. The van der Waals surface area contributed by atoms with Gasteiger partial charge in [0.2, 0.25) is 12.3 Å². The number of Topliss-reactive ketones (excluding diaryl/α,β-unsaturated/α-hetero) is 1. The summed E-state index contributed by atoms with van der Waals surface area (Å²) in [5, 5.41) is 2.93. The molecule has 0 aliphatic heterocycles. The molecule has 0 N–H and O–H groups in total. The molecule has 0 bridgehead atoms. The van der Waals surface area contributed by atoms with E-state index in [2.05, 4.69) is 6.07 Å². The number of aromatic nitrogens is 1. The van der Waals surface area contributed by atoms with Crippen molar-refractivity contribution in [2.75, 3.05) is 0 Å². The fourth-order valence-corrected chi connectivity index (χ4v) is 8.37. The molecule has 0 aliphatic rings. The van der Waals surface area contributed by atoms with Crippen LogP contribution in [0.3, 0.4) is 0 Å². The van der Waals surface area contributed by atoms with Crippen LogP contribution in [0.4, 0.5) is 105 Å². The molecule has 0 amide bonds. The number of pyridine rings is 1. The Morgan fingerprint density at radius 3 is 0.883 bits per heavy atom. The summed E-state index contributed by atoms with van der Waals surface area (Å²) in [5.41, 5.74) is -29.5. The third-order valence-electron chi connectivity index (χ3n) is 11.7. The van der Waals surface area contributed by atoms with Gasteiger partial charge in [-0.3, -0.25) is 4.79 Å². The summed E-state index contributed by atoms with van der Waals surface area (Å²) < 4.78 is 343. The van der Waals surface area contributed by atoms with Crippen molar-refractivity contribution in [1.82, 2.24) is 0 Å². The van der Waals surface area contributed by atoms with Gasteiger partial charge in [-0.05, 0) is 60.0 Å². The molecule has 0 radical (unpaired) electrons. The van der Waals surface area contributed by atoms with Gasteiger partial charge in [0.05, 0.1) is 44.5 Å². The lowest BCUT2D eigenvalue weighted by molar-refractivity contribution is -0.681. The third kappa shape index (κ3) is 13.6. The first kappa shape index (κ1) is 59.3. The van der Waals surface area contributed by atoms with Gasteiger partial charge in [-0.25, -0.2) is 0 Å². The first-order chi connectivity index (χ1) is 35.0. The van der Waals surface area contributed by atoms with Crippen LogP contribution in [-0.4, -0.2) is 11.9 Å². The number of alkyl halides is 24. The second kappa shape index (κ2) is 20.5.